The zero-order chi connectivity index (χ0) is 19.2. The van der Waals surface area contributed by atoms with Crippen molar-refractivity contribution in [1.82, 2.24) is 14.9 Å². The van der Waals surface area contributed by atoms with E-state index in [1.807, 2.05) is 37.3 Å². The van der Waals surface area contributed by atoms with Crippen molar-refractivity contribution in [3.8, 4) is 23.6 Å². The van der Waals surface area contributed by atoms with E-state index in [2.05, 4.69) is 20.7 Å². The van der Waals surface area contributed by atoms with Gasteiger partial charge in [0.15, 0.2) is 0 Å². The lowest BCUT2D eigenvalue weighted by atomic mass is 10.0. The van der Waals surface area contributed by atoms with Crippen molar-refractivity contribution in [2.75, 3.05) is 44.2 Å². The molecular weight excluding hydrogens is 340 g/mol. The zero-order valence-corrected chi connectivity index (χ0v) is 15.8. The highest BCUT2D eigenvalue weighted by Gasteiger charge is 2.24. The quantitative estimate of drug-likeness (QED) is 0.600. The van der Waals surface area contributed by atoms with Crippen LogP contribution in [0.1, 0.15) is 23.0 Å². The number of ether oxygens (including phenoxy) is 1. The summed E-state index contributed by atoms with van der Waals surface area (Å²) in [5.74, 6) is 2.94. The van der Waals surface area contributed by atoms with Crippen LogP contribution in [0, 0.1) is 19.3 Å². The topological polar surface area (TPSA) is 58.6 Å². The van der Waals surface area contributed by atoms with E-state index in [1.165, 1.54) is 0 Å². The molecule has 0 unspecified atom stereocenters. The highest BCUT2D eigenvalue weighted by atomic mass is 16.5. The SMILES string of the molecule is C#CCN1CCN(c2nc(C)c(C(=O)OCC)c(-c3ccccc3)n2)CC1. The molecule has 0 atom stereocenters. The Morgan fingerprint density at radius 1 is 1.19 bits per heavy atom. The van der Waals surface area contributed by atoms with Crippen molar-refractivity contribution in [1.29, 1.82) is 0 Å². The van der Waals surface area contributed by atoms with Gasteiger partial charge in [-0.05, 0) is 13.8 Å². The molecule has 0 saturated carbocycles. The molecule has 0 N–H and O–H groups in total. The van der Waals surface area contributed by atoms with Crippen molar-refractivity contribution in [2.45, 2.75) is 13.8 Å². The minimum atomic E-state index is -0.390. The summed E-state index contributed by atoms with van der Waals surface area (Å²) in [4.78, 5) is 26.3. The van der Waals surface area contributed by atoms with Gasteiger partial charge in [0.1, 0.15) is 5.56 Å². The molecule has 6 heteroatoms. The summed E-state index contributed by atoms with van der Waals surface area (Å²) in [6.07, 6.45) is 5.41. The van der Waals surface area contributed by atoms with Crippen LogP contribution < -0.4 is 4.90 Å². The summed E-state index contributed by atoms with van der Waals surface area (Å²) >= 11 is 0. The average Bonchev–Trinajstić information content (AvgIpc) is 2.69. The molecule has 0 spiro atoms. The Kier molecular flexibility index (Phi) is 6.05. The number of carbonyl (C=O) groups is 1. The first kappa shape index (κ1) is 18.9. The van der Waals surface area contributed by atoms with Gasteiger partial charge in [0.05, 0.1) is 24.5 Å². The van der Waals surface area contributed by atoms with Gasteiger partial charge in [-0.2, -0.15) is 0 Å². The Labute approximate surface area is 160 Å². The zero-order valence-electron chi connectivity index (χ0n) is 15.8. The van der Waals surface area contributed by atoms with E-state index in [0.717, 1.165) is 31.7 Å². The van der Waals surface area contributed by atoms with E-state index in [1.54, 1.807) is 6.92 Å². The number of piperazine rings is 1. The first-order valence-electron chi connectivity index (χ1n) is 9.16. The Morgan fingerprint density at radius 3 is 2.52 bits per heavy atom. The van der Waals surface area contributed by atoms with E-state index in [0.29, 0.717) is 36.1 Å². The molecule has 0 bridgehead atoms. The van der Waals surface area contributed by atoms with Crippen LogP contribution in [0.25, 0.3) is 11.3 Å². The number of hydrogen-bond acceptors (Lipinski definition) is 6. The van der Waals surface area contributed by atoms with Crippen molar-refractivity contribution < 1.29 is 9.53 Å². The molecule has 27 heavy (non-hydrogen) atoms. The lowest BCUT2D eigenvalue weighted by molar-refractivity contribution is 0.0525. The Bertz CT molecular complexity index is 837. The van der Waals surface area contributed by atoms with Gasteiger partial charge in [-0.15, -0.1) is 6.42 Å². The van der Waals surface area contributed by atoms with Crippen LogP contribution in [0.15, 0.2) is 30.3 Å². The molecule has 1 saturated heterocycles. The van der Waals surface area contributed by atoms with Gasteiger partial charge in [-0.1, -0.05) is 36.3 Å². The van der Waals surface area contributed by atoms with Crippen LogP contribution in [0.2, 0.25) is 0 Å². The molecule has 1 fully saturated rings. The molecule has 2 heterocycles. The number of rotatable bonds is 5. The van der Waals surface area contributed by atoms with Crippen LogP contribution in [0.4, 0.5) is 5.95 Å². The molecule has 6 nitrogen and oxygen atoms in total. The molecule has 3 rings (SSSR count). The van der Waals surface area contributed by atoms with Gasteiger partial charge in [-0.3, -0.25) is 4.90 Å². The third-order valence-electron chi connectivity index (χ3n) is 4.57. The molecular formula is C21H24N4O2. The lowest BCUT2D eigenvalue weighted by Gasteiger charge is -2.34. The van der Waals surface area contributed by atoms with Crippen LogP contribution >= 0.6 is 0 Å². The Morgan fingerprint density at radius 2 is 1.89 bits per heavy atom. The molecule has 1 aromatic carbocycles. The van der Waals surface area contributed by atoms with Gasteiger partial charge < -0.3 is 9.64 Å². The first-order chi connectivity index (χ1) is 13.1. The van der Waals surface area contributed by atoms with E-state index in [4.69, 9.17) is 16.1 Å². The summed E-state index contributed by atoms with van der Waals surface area (Å²) < 4.78 is 5.24. The molecule has 1 aliphatic rings. The summed E-state index contributed by atoms with van der Waals surface area (Å²) in [7, 11) is 0. The highest BCUT2D eigenvalue weighted by Crippen LogP contribution is 2.27. The van der Waals surface area contributed by atoms with E-state index in [-0.39, 0.29) is 5.97 Å². The number of esters is 1. The first-order valence-corrected chi connectivity index (χ1v) is 9.16. The smallest absolute Gasteiger partial charge is 0.342 e. The molecule has 0 amide bonds. The van der Waals surface area contributed by atoms with E-state index in [9.17, 15) is 4.79 Å². The fourth-order valence-electron chi connectivity index (χ4n) is 3.19. The van der Waals surface area contributed by atoms with Gasteiger partial charge in [-0.25, -0.2) is 14.8 Å². The number of terminal acetylenes is 1. The largest absolute Gasteiger partial charge is 0.462 e. The second-order valence-electron chi connectivity index (χ2n) is 6.39. The number of hydrogen-bond donors (Lipinski definition) is 0. The van der Waals surface area contributed by atoms with Gasteiger partial charge >= 0.3 is 5.97 Å². The second-order valence-corrected chi connectivity index (χ2v) is 6.39. The van der Waals surface area contributed by atoms with Crippen molar-refractivity contribution >= 4 is 11.9 Å². The Hall–Kier alpha value is -2.91. The van der Waals surface area contributed by atoms with Gasteiger partial charge in [0.25, 0.3) is 0 Å². The molecule has 140 valence electrons. The maximum Gasteiger partial charge on any atom is 0.342 e. The molecule has 1 aromatic heterocycles. The summed E-state index contributed by atoms with van der Waals surface area (Å²) in [6, 6.07) is 9.69. The number of benzene rings is 1. The number of nitrogens with zero attached hydrogens (tertiary/aromatic N) is 4. The number of aromatic nitrogens is 2. The van der Waals surface area contributed by atoms with E-state index < -0.39 is 0 Å². The average molecular weight is 364 g/mol. The van der Waals surface area contributed by atoms with Gasteiger partial charge in [0.2, 0.25) is 5.95 Å². The highest BCUT2D eigenvalue weighted by molar-refractivity contribution is 5.97. The predicted molar refractivity (Wildman–Crippen MR) is 106 cm³/mol. The maximum absolute atomic E-state index is 12.5. The summed E-state index contributed by atoms with van der Waals surface area (Å²) in [5.41, 5.74) is 2.54. The molecule has 2 aromatic rings. The van der Waals surface area contributed by atoms with Crippen molar-refractivity contribution in [2.24, 2.45) is 0 Å². The van der Waals surface area contributed by atoms with E-state index >= 15 is 0 Å². The van der Waals surface area contributed by atoms with Crippen LogP contribution in [0.5, 0.6) is 0 Å². The molecule has 0 radical (unpaired) electrons. The monoisotopic (exact) mass is 364 g/mol. The fraction of sp³-hybridized carbons (Fsp3) is 0.381. The number of carbonyl (C=O) groups excluding carboxylic acids is 1. The number of aryl methyl sites for hydroxylation is 1. The number of anilines is 1. The predicted octanol–water partition coefficient (Wildman–Crippen LogP) is 2.38. The van der Waals surface area contributed by atoms with Crippen LogP contribution in [0.3, 0.4) is 0 Å². The minimum absolute atomic E-state index is 0.311. The molecule has 0 aliphatic carbocycles. The third kappa shape index (κ3) is 4.26. The standard InChI is InChI=1S/C21H24N4O2/c1-4-11-24-12-14-25(15-13-24)21-22-16(3)18(20(26)27-5-2)19(23-21)17-9-7-6-8-10-17/h1,6-10H,5,11-15H2,2-3H3. The van der Waals surface area contributed by atoms with Crippen LogP contribution in [-0.4, -0.2) is 60.2 Å². The normalized spacial score (nSPS) is 14.6. The lowest BCUT2D eigenvalue weighted by Crippen LogP contribution is -2.47. The second kappa shape index (κ2) is 8.65. The fourth-order valence-corrected chi connectivity index (χ4v) is 3.19. The van der Waals surface area contributed by atoms with Crippen molar-refractivity contribution in [3.63, 3.8) is 0 Å². The van der Waals surface area contributed by atoms with Crippen LogP contribution in [-0.2, 0) is 4.74 Å². The van der Waals surface area contributed by atoms with Crippen molar-refractivity contribution in [3.05, 3.63) is 41.6 Å². The summed E-state index contributed by atoms with van der Waals surface area (Å²) in [6.45, 7) is 7.93. The van der Waals surface area contributed by atoms with Gasteiger partial charge in [0, 0.05) is 31.7 Å². The Balaban J connectivity index is 1.97. The molecule has 1 aliphatic heterocycles. The maximum atomic E-state index is 12.5. The third-order valence-corrected chi connectivity index (χ3v) is 4.57. The minimum Gasteiger partial charge on any atom is -0.462 e. The summed E-state index contributed by atoms with van der Waals surface area (Å²) in [5, 5.41) is 0.